The van der Waals surface area contributed by atoms with E-state index >= 15 is 0 Å². The van der Waals surface area contributed by atoms with Gasteiger partial charge in [-0.2, -0.15) is 0 Å². The third-order valence-electron chi connectivity index (χ3n) is 3.66. The molecule has 0 fully saturated rings. The number of anilines is 2. The predicted molar refractivity (Wildman–Crippen MR) is 76.9 cm³/mol. The van der Waals surface area contributed by atoms with E-state index in [-0.39, 0.29) is 0 Å². The molecule has 1 aromatic rings. The maximum atomic E-state index is 8.75. The van der Waals surface area contributed by atoms with Crippen LogP contribution in [-0.2, 0) is 6.42 Å². The first-order chi connectivity index (χ1) is 8.81. The number of aryl methyl sites for hydroxylation is 1. The van der Waals surface area contributed by atoms with Gasteiger partial charge in [-0.25, -0.2) is 0 Å². The molecule has 1 aromatic carbocycles. The van der Waals surface area contributed by atoms with Crippen molar-refractivity contribution < 1.29 is 5.11 Å². The van der Waals surface area contributed by atoms with E-state index in [1.165, 1.54) is 36.9 Å². The van der Waals surface area contributed by atoms with Crippen LogP contribution in [0.15, 0.2) is 18.2 Å². The molecule has 0 aromatic heterocycles. The number of nitrogen functional groups attached to an aromatic ring is 1. The number of aliphatic hydroxyl groups is 1. The van der Waals surface area contributed by atoms with Gasteiger partial charge in [-0.3, -0.25) is 0 Å². The van der Waals surface area contributed by atoms with Gasteiger partial charge in [0.25, 0.3) is 0 Å². The summed E-state index contributed by atoms with van der Waals surface area (Å²) in [5.74, 6) is 0. The van der Waals surface area contributed by atoms with Gasteiger partial charge in [-0.05, 0) is 43.4 Å². The average molecular weight is 248 g/mol. The van der Waals surface area contributed by atoms with Crippen LogP contribution in [0.25, 0.3) is 0 Å². The number of nitrogens with zero attached hydrogens (tertiary/aromatic N) is 1. The summed E-state index contributed by atoms with van der Waals surface area (Å²) in [6.45, 7) is 2.58. The summed E-state index contributed by atoms with van der Waals surface area (Å²) < 4.78 is 0. The molecule has 0 amide bonds. The van der Waals surface area contributed by atoms with Crippen molar-refractivity contribution in [1.29, 1.82) is 0 Å². The number of rotatable bonds is 6. The molecule has 0 saturated heterocycles. The first-order valence-electron chi connectivity index (χ1n) is 7.05. The predicted octanol–water partition coefficient (Wildman–Crippen LogP) is 2.57. The monoisotopic (exact) mass is 248 g/mol. The van der Waals surface area contributed by atoms with E-state index in [2.05, 4.69) is 17.0 Å². The normalized spacial score (nSPS) is 14.6. The summed E-state index contributed by atoms with van der Waals surface area (Å²) in [6.07, 6.45) is 6.89. The second-order valence-electron chi connectivity index (χ2n) is 5.12. The Bertz CT molecular complexity index is 379. The summed E-state index contributed by atoms with van der Waals surface area (Å²) in [4.78, 5) is 2.47. The molecular weight excluding hydrogens is 224 g/mol. The number of unbranched alkanes of at least 4 members (excludes halogenated alkanes) is 3. The molecule has 0 spiro atoms. The molecule has 100 valence electrons. The highest BCUT2D eigenvalue weighted by Crippen LogP contribution is 2.29. The van der Waals surface area contributed by atoms with Crippen LogP contribution < -0.4 is 10.6 Å². The standard InChI is InChI=1S/C15H24N2O/c16-14-8-7-13-6-5-10-17(15(13)12-14)9-3-1-2-4-11-18/h7-8,12,18H,1-6,9-11,16H2. The van der Waals surface area contributed by atoms with Crippen molar-refractivity contribution in [3.8, 4) is 0 Å². The van der Waals surface area contributed by atoms with Gasteiger partial charge in [-0.1, -0.05) is 18.9 Å². The van der Waals surface area contributed by atoms with Crippen LogP contribution in [0.1, 0.15) is 37.7 Å². The average Bonchev–Trinajstić information content (AvgIpc) is 2.39. The van der Waals surface area contributed by atoms with Gasteiger partial charge < -0.3 is 15.7 Å². The summed E-state index contributed by atoms with van der Waals surface area (Å²) in [6, 6.07) is 6.29. The van der Waals surface area contributed by atoms with Crippen molar-refractivity contribution in [2.75, 3.05) is 30.3 Å². The molecule has 0 atom stereocenters. The Hall–Kier alpha value is -1.22. The lowest BCUT2D eigenvalue weighted by atomic mass is 10.0. The summed E-state index contributed by atoms with van der Waals surface area (Å²) in [7, 11) is 0. The highest BCUT2D eigenvalue weighted by Gasteiger charge is 2.16. The lowest BCUT2D eigenvalue weighted by molar-refractivity contribution is 0.282. The van der Waals surface area contributed by atoms with Crippen LogP contribution in [0.5, 0.6) is 0 Å². The summed E-state index contributed by atoms with van der Waals surface area (Å²) >= 11 is 0. The van der Waals surface area contributed by atoms with E-state index in [0.717, 1.165) is 31.6 Å². The van der Waals surface area contributed by atoms with Crippen molar-refractivity contribution in [3.63, 3.8) is 0 Å². The molecule has 3 nitrogen and oxygen atoms in total. The number of hydrogen-bond acceptors (Lipinski definition) is 3. The molecule has 0 saturated carbocycles. The largest absolute Gasteiger partial charge is 0.399 e. The summed E-state index contributed by atoms with van der Waals surface area (Å²) in [5, 5.41) is 8.75. The first-order valence-corrected chi connectivity index (χ1v) is 7.05. The Balaban J connectivity index is 1.89. The molecule has 0 aliphatic carbocycles. The minimum atomic E-state index is 0.323. The van der Waals surface area contributed by atoms with Crippen LogP contribution in [0.3, 0.4) is 0 Å². The quantitative estimate of drug-likeness (QED) is 0.601. The molecule has 0 bridgehead atoms. The lowest BCUT2D eigenvalue weighted by Gasteiger charge is -2.31. The van der Waals surface area contributed by atoms with Gasteiger partial charge in [0.05, 0.1) is 0 Å². The summed E-state index contributed by atoms with van der Waals surface area (Å²) in [5.41, 5.74) is 9.52. The molecule has 1 aliphatic rings. The number of benzene rings is 1. The Morgan fingerprint density at radius 1 is 1.17 bits per heavy atom. The van der Waals surface area contributed by atoms with E-state index in [0.29, 0.717) is 6.61 Å². The highest BCUT2D eigenvalue weighted by molar-refractivity contribution is 5.62. The minimum absolute atomic E-state index is 0.323. The van der Waals surface area contributed by atoms with Crippen molar-refractivity contribution in [2.45, 2.75) is 38.5 Å². The van der Waals surface area contributed by atoms with Crippen molar-refractivity contribution >= 4 is 11.4 Å². The smallest absolute Gasteiger partial charge is 0.0431 e. The Morgan fingerprint density at radius 2 is 2.00 bits per heavy atom. The van der Waals surface area contributed by atoms with Crippen LogP contribution in [-0.4, -0.2) is 24.8 Å². The number of hydrogen-bond donors (Lipinski definition) is 2. The third kappa shape index (κ3) is 3.39. The highest BCUT2D eigenvalue weighted by atomic mass is 16.2. The fourth-order valence-electron chi connectivity index (χ4n) is 2.67. The molecule has 0 unspecified atom stereocenters. The third-order valence-corrected chi connectivity index (χ3v) is 3.66. The van der Waals surface area contributed by atoms with Gasteiger partial charge in [0.2, 0.25) is 0 Å². The second kappa shape index (κ2) is 6.64. The SMILES string of the molecule is Nc1ccc2c(c1)N(CCCCCCO)CCC2. The lowest BCUT2D eigenvalue weighted by Crippen LogP contribution is -2.30. The van der Waals surface area contributed by atoms with Crippen LogP contribution in [0.4, 0.5) is 11.4 Å². The molecule has 18 heavy (non-hydrogen) atoms. The van der Waals surface area contributed by atoms with E-state index in [1.807, 2.05) is 6.07 Å². The molecule has 0 radical (unpaired) electrons. The van der Waals surface area contributed by atoms with Crippen LogP contribution >= 0.6 is 0 Å². The Labute approximate surface area is 110 Å². The topological polar surface area (TPSA) is 49.5 Å². The van der Waals surface area contributed by atoms with E-state index in [1.54, 1.807) is 0 Å². The zero-order valence-corrected chi connectivity index (χ0v) is 11.1. The van der Waals surface area contributed by atoms with Gasteiger partial charge in [0.1, 0.15) is 0 Å². The van der Waals surface area contributed by atoms with Crippen molar-refractivity contribution in [3.05, 3.63) is 23.8 Å². The maximum Gasteiger partial charge on any atom is 0.0431 e. The number of nitrogens with two attached hydrogens (primary N) is 1. The molecule has 1 heterocycles. The zero-order chi connectivity index (χ0) is 12.8. The minimum Gasteiger partial charge on any atom is -0.399 e. The molecule has 2 rings (SSSR count). The fraction of sp³-hybridized carbons (Fsp3) is 0.600. The first kappa shape index (κ1) is 13.2. The Morgan fingerprint density at radius 3 is 2.83 bits per heavy atom. The maximum absolute atomic E-state index is 8.75. The van der Waals surface area contributed by atoms with Crippen molar-refractivity contribution in [1.82, 2.24) is 0 Å². The molecular formula is C15H24N2O. The van der Waals surface area contributed by atoms with Gasteiger partial charge >= 0.3 is 0 Å². The number of fused-ring (bicyclic) bond motifs is 1. The van der Waals surface area contributed by atoms with E-state index < -0.39 is 0 Å². The molecule has 1 aliphatic heterocycles. The Kier molecular flexibility index (Phi) is 4.88. The van der Waals surface area contributed by atoms with Crippen LogP contribution in [0, 0.1) is 0 Å². The van der Waals surface area contributed by atoms with Gasteiger partial charge in [0.15, 0.2) is 0 Å². The molecule has 3 N–H and O–H groups in total. The van der Waals surface area contributed by atoms with Crippen LogP contribution in [0.2, 0.25) is 0 Å². The second-order valence-corrected chi connectivity index (χ2v) is 5.12. The van der Waals surface area contributed by atoms with Gasteiger partial charge in [-0.15, -0.1) is 0 Å². The zero-order valence-electron chi connectivity index (χ0n) is 11.1. The number of aliphatic hydroxyl groups excluding tert-OH is 1. The van der Waals surface area contributed by atoms with Crippen molar-refractivity contribution in [2.24, 2.45) is 0 Å². The van der Waals surface area contributed by atoms with Gasteiger partial charge in [0, 0.05) is 31.1 Å². The van der Waals surface area contributed by atoms with E-state index in [9.17, 15) is 0 Å². The van der Waals surface area contributed by atoms with E-state index in [4.69, 9.17) is 10.8 Å². The fourth-order valence-corrected chi connectivity index (χ4v) is 2.67. The molecule has 3 heteroatoms.